The number of piperidine rings is 1. The number of carbonyl (C=O) groups excluding carboxylic acids is 2. The van der Waals surface area contributed by atoms with E-state index in [1.54, 1.807) is 11.3 Å². The van der Waals surface area contributed by atoms with Crippen LogP contribution in [0.5, 0.6) is 0 Å². The molecule has 6 nitrogen and oxygen atoms in total. The number of aromatic nitrogens is 1. The molecule has 1 atom stereocenters. The van der Waals surface area contributed by atoms with Crippen LogP contribution in [0.2, 0.25) is 0 Å². The molecule has 2 heterocycles. The second kappa shape index (κ2) is 9.09. The van der Waals surface area contributed by atoms with E-state index in [2.05, 4.69) is 21.0 Å². The van der Waals surface area contributed by atoms with Gasteiger partial charge in [0.25, 0.3) is 0 Å². The zero-order chi connectivity index (χ0) is 18.4. The molecule has 0 radical (unpaired) electrons. The van der Waals surface area contributed by atoms with Gasteiger partial charge in [0.2, 0.25) is 5.91 Å². The Morgan fingerprint density at radius 3 is 3.00 bits per heavy atom. The van der Waals surface area contributed by atoms with E-state index in [4.69, 9.17) is 4.98 Å². The van der Waals surface area contributed by atoms with Crippen LogP contribution < -0.4 is 5.32 Å². The predicted molar refractivity (Wildman–Crippen MR) is 102 cm³/mol. The highest BCUT2D eigenvalue weighted by atomic mass is 32.1. The topological polar surface area (TPSA) is 71.5 Å². The van der Waals surface area contributed by atoms with Crippen molar-refractivity contribution < 1.29 is 14.3 Å². The number of amides is 1. The van der Waals surface area contributed by atoms with Crippen molar-refractivity contribution in [2.75, 3.05) is 26.7 Å². The number of ether oxygens (including phenoxy) is 1. The number of methoxy groups -OCH3 is 1. The van der Waals surface area contributed by atoms with E-state index in [1.807, 2.05) is 18.2 Å². The van der Waals surface area contributed by atoms with Gasteiger partial charge in [-0.3, -0.25) is 14.5 Å². The first-order chi connectivity index (χ1) is 12.7. The number of hydrogen-bond acceptors (Lipinski definition) is 6. The third-order valence-corrected chi connectivity index (χ3v) is 5.80. The van der Waals surface area contributed by atoms with Gasteiger partial charge in [0.15, 0.2) is 0 Å². The summed E-state index contributed by atoms with van der Waals surface area (Å²) in [6.45, 7) is 1.78. The van der Waals surface area contributed by atoms with Crippen LogP contribution in [0.1, 0.15) is 43.2 Å². The number of carbonyl (C=O) groups is 2. The average molecular weight is 375 g/mol. The Labute approximate surface area is 157 Å². The van der Waals surface area contributed by atoms with Gasteiger partial charge in [0.05, 0.1) is 29.9 Å². The minimum atomic E-state index is -0.244. The fraction of sp³-hybridized carbons (Fsp3) is 0.526. The summed E-state index contributed by atoms with van der Waals surface area (Å²) in [6.07, 6.45) is 4.23. The molecule has 1 fully saturated rings. The molecule has 2 aromatic rings. The number of fused-ring (bicyclic) bond motifs is 1. The Hall–Kier alpha value is -1.99. The van der Waals surface area contributed by atoms with Gasteiger partial charge < -0.3 is 10.1 Å². The molecule has 0 unspecified atom stereocenters. The van der Waals surface area contributed by atoms with Gasteiger partial charge in [-0.05, 0) is 37.9 Å². The molecule has 1 saturated heterocycles. The van der Waals surface area contributed by atoms with Crippen LogP contribution in [0.3, 0.4) is 0 Å². The van der Waals surface area contributed by atoms with Gasteiger partial charge in [-0.25, -0.2) is 4.98 Å². The monoisotopic (exact) mass is 375 g/mol. The molecule has 7 heteroatoms. The van der Waals surface area contributed by atoms with E-state index in [0.29, 0.717) is 25.9 Å². The van der Waals surface area contributed by atoms with E-state index in [1.165, 1.54) is 11.8 Å². The van der Waals surface area contributed by atoms with Gasteiger partial charge in [0.1, 0.15) is 5.01 Å². The van der Waals surface area contributed by atoms with E-state index < -0.39 is 0 Å². The summed E-state index contributed by atoms with van der Waals surface area (Å²) in [5.74, 6) is -0.242. The molecule has 0 spiro atoms. The van der Waals surface area contributed by atoms with Gasteiger partial charge in [0, 0.05) is 13.0 Å². The minimum Gasteiger partial charge on any atom is -0.469 e. The van der Waals surface area contributed by atoms with Crippen molar-refractivity contribution in [3.05, 3.63) is 29.3 Å². The van der Waals surface area contributed by atoms with Crippen LogP contribution in [-0.4, -0.2) is 48.5 Å². The van der Waals surface area contributed by atoms with Crippen molar-refractivity contribution >= 4 is 33.4 Å². The molecular weight excluding hydrogens is 350 g/mol. The Kier molecular flexibility index (Phi) is 6.57. The molecule has 140 valence electrons. The highest BCUT2D eigenvalue weighted by Gasteiger charge is 2.28. The van der Waals surface area contributed by atoms with Crippen LogP contribution in [0.15, 0.2) is 24.3 Å². The van der Waals surface area contributed by atoms with Gasteiger partial charge >= 0.3 is 5.97 Å². The summed E-state index contributed by atoms with van der Waals surface area (Å²) >= 11 is 1.73. The molecule has 0 saturated carbocycles. The number of nitrogens with zero attached hydrogens (tertiary/aromatic N) is 2. The quantitative estimate of drug-likeness (QED) is 0.595. The van der Waals surface area contributed by atoms with E-state index in [-0.39, 0.29) is 17.9 Å². The number of hydrogen-bond donors (Lipinski definition) is 1. The summed E-state index contributed by atoms with van der Waals surface area (Å²) in [5, 5.41) is 4.00. The SMILES string of the molecule is COC(=O)CCCNC(=O)CN1CCCC[C@@H]1c1nc2ccccc2s1. The molecule has 0 bridgehead atoms. The zero-order valence-electron chi connectivity index (χ0n) is 15.1. The summed E-state index contributed by atoms with van der Waals surface area (Å²) in [5.41, 5.74) is 1.03. The van der Waals surface area contributed by atoms with Crippen LogP contribution in [0, 0.1) is 0 Å². The van der Waals surface area contributed by atoms with Crippen molar-refractivity contribution in [3.63, 3.8) is 0 Å². The molecule has 1 amide bonds. The number of nitrogens with one attached hydrogen (secondary N) is 1. The number of esters is 1. The fourth-order valence-corrected chi connectivity index (χ4v) is 4.43. The standard InChI is InChI=1S/C19H25N3O3S/c1-25-18(24)10-6-11-20-17(23)13-22-12-5-4-8-15(22)19-21-14-7-2-3-9-16(14)26-19/h2-3,7,9,15H,4-6,8,10-13H2,1H3,(H,20,23)/t15-/m1/s1. The highest BCUT2D eigenvalue weighted by Crippen LogP contribution is 2.35. The van der Waals surface area contributed by atoms with Crippen molar-refractivity contribution in [2.24, 2.45) is 0 Å². The lowest BCUT2D eigenvalue weighted by Gasteiger charge is -2.33. The molecular formula is C19H25N3O3S. The number of rotatable bonds is 7. The first-order valence-electron chi connectivity index (χ1n) is 9.10. The maximum Gasteiger partial charge on any atom is 0.305 e. The van der Waals surface area contributed by atoms with Crippen LogP contribution in [-0.2, 0) is 14.3 Å². The van der Waals surface area contributed by atoms with E-state index in [0.717, 1.165) is 36.3 Å². The molecule has 1 aliphatic heterocycles. The lowest BCUT2D eigenvalue weighted by Crippen LogP contribution is -2.41. The maximum absolute atomic E-state index is 12.3. The number of thiazole rings is 1. The molecule has 1 aromatic heterocycles. The van der Waals surface area contributed by atoms with Crippen LogP contribution in [0.4, 0.5) is 0 Å². The molecule has 1 N–H and O–H groups in total. The Morgan fingerprint density at radius 2 is 2.19 bits per heavy atom. The Bertz CT molecular complexity index is 728. The van der Waals surface area contributed by atoms with E-state index in [9.17, 15) is 9.59 Å². The first kappa shape index (κ1) is 18.8. The first-order valence-corrected chi connectivity index (χ1v) is 9.92. The van der Waals surface area contributed by atoms with Crippen molar-refractivity contribution in [1.82, 2.24) is 15.2 Å². The second-order valence-electron chi connectivity index (χ2n) is 6.53. The maximum atomic E-state index is 12.3. The normalized spacial score (nSPS) is 18.0. The lowest BCUT2D eigenvalue weighted by atomic mass is 10.0. The molecule has 1 aliphatic rings. The van der Waals surface area contributed by atoms with Gasteiger partial charge in [-0.2, -0.15) is 0 Å². The van der Waals surface area contributed by atoms with Crippen molar-refractivity contribution in [3.8, 4) is 0 Å². The molecule has 1 aromatic carbocycles. The lowest BCUT2D eigenvalue weighted by molar-refractivity contribution is -0.140. The number of para-hydroxylation sites is 1. The molecule has 26 heavy (non-hydrogen) atoms. The Balaban J connectivity index is 1.56. The molecule has 0 aliphatic carbocycles. The van der Waals surface area contributed by atoms with Crippen LogP contribution >= 0.6 is 11.3 Å². The third kappa shape index (κ3) is 4.80. The van der Waals surface area contributed by atoms with E-state index >= 15 is 0 Å². The zero-order valence-corrected chi connectivity index (χ0v) is 15.9. The number of benzene rings is 1. The Morgan fingerprint density at radius 1 is 1.35 bits per heavy atom. The van der Waals surface area contributed by atoms with Crippen LogP contribution in [0.25, 0.3) is 10.2 Å². The summed E-state index contributed by atoms with van der Waals surface area (Å²) in [7, 11) is 1.37. The fourth-order valence-electron chi connectivity index (χ4n) is 3.30. The highest BCUT2D eigenvalue weighted by molar-refractivity contribution is 7.18. The van der Waals surface area contributed by atoms with Crippen molar-refractivity contribution in [2.45, 2.75) is 38.1 Å². The van der Waals surface area contributed by atoms with Gasteiger partial charge in [-0.15, -0.1) is 11.3 Å². The average Bonchev–Trinajstić information content (AvgIpc) is 3.09. The van der Waals surface area contributed by atoms with Crippen molar-refractivity contribution in [1.29, 1.82) is 0 Å². The second-order valence-corrected chi connectivity index (χ2v) is 7.59. The largest absolute Gasteiger partial charge is 0.469 e. The smallest absolute Gasteiger partial charge is 0.305 e. The summed E-state index contributed by atoms with van der Waals surface area (Å²) in [4.78, 5) is 30.4. The summed E-state index contributed by atoms with van der Waals surface area (Å²) < 4.78 is 5.80. The molecule has 3 rings (SSSR count). The minimum absolute atomic E-state index is 0.00266. The van der Waals surface area contributed by atoms with Gasteiger partial charge in [-0.1, -0.05) is 18.6 Å². The predicted octanol–water partition coefficient (Wildman–Crippen LogP) is 2.89. The summed E-state index contributed by atoms with van der Waals surface area (Å²) in [6, 6.07) is 8.38. The third-order valence-electron chi connectivity index (χ3n) is 4.66. The number of likely N-dealkylation sites (tertiary alicyclic amines) is 1.